The first-order valence-corrected chi connectivity index (χ1v) is 8.03. The Balaban J connectivity index is 3.02. The first-order chi connectivity index (χ1) is 9.20. The Hall–Kier alpha value is -0.700. The molecule has 0 aromatic heterocycles. The van der Waals surface area contributed by atoms with E-state index in [0.29, 0.717) is 12.8 Å². The molecule has 1 unspecified atom stereocenters. The number of rotatable bonds is 3. The highest BCUT2D eigenvalue weighted by Gasteiger charge is 2.44. The summed E-state index contributed by atoms with van der Waals surface area (Å²) in [5.41, 5.74) is -0.210. The van der Waals surface area contributed by atoms with Crippen LogP contribution in [0.4, 0.5) is 0 Å². The van der Waals surface area contributed by atoms with Crippen LogP contribution in [0.3, 0.4) is 0 Å². The Morgan fingerprint density at radius 1 is 1.05 bits per heavy atom. The molecule has 3 heteroatoms. The molecule has 1 aliphatic carbocycles. The van der Waals surface area contributed by atoms with Gasteiger partial charge in [-0.3, -0.25) is 9.59 Å². The lowest BCUT2D eigenvalue weighted by atomic mass is 9.67. The van der Waals surface area contributed by atoms with E-state index in [2.05, 4.69) is 46.9 Å². The minimum absolute atomic E-state index is 0.0684. The van der Waals surface area contributed by atoms with Crippen LogP contribution in [0, 0.1) is 16.7 Å². The summed E-state index contributed by atoms with van der Waals surface area (Å²) in [6.45, 7) is 16.8. The van der Waals surface area contributed by atoms with Crippen molar-refractivity contribution in [3.8, 4) is 0 Å². The summed E-state index contributed by atoms with van der Waals surface area (Å²) < 4.78 is 0. The van der Waals surface area contributed by atoms with Crippen LogP contribution < -0.4 is 5.32 Å². The SMILES string of the molecule is CC(C)(C)CC(NC(C)(C)C)C1C(=O)CC(C)(C)CC1=O. The monoisotopic (exact) mass is 295 g/mol. The van der Waals surface area contributed by atoms with Gasteiger partial charge in [-0.2, -0.15) is 0 Å². The summed E-state index contributed by atoms with van der Waals surface area (Å²) in [4.78, 5) is 25.1. The van der Waals surface area contributed by atoms with E-state index in [1.165, 1.54) is 0 Å². The van der Waals surface area contributed by atoms with Crippen molar-refractivity contribution in [2.45, 2.75) is 86.2 Å². The topological polar surface area (TPSA) is 46.2 Å². The van der Waals surface area contributed by atoms with Crippen molar-refractivity contribution in [1.29, 1.82) is 0 Å². The normalized spacial score (nSPS) is 22.5. The fourth-order valence-electron chi connectivity index (χ4n) is 3.32. The van der Waals surface area contributed by atoms with Gasteiger partial charge in [0.1, 0.15) is 11.6 Å². The summed E-state index contributed by atoms with van der Waals surface area (Å²) in [5.74, 6) is -0.249. The van der Waals surface area contributed by atoms with Crippen LogP contribution in [-0.4, -0.2) is 23.1 Å². The highest BCUT2D eigenvalue weighted by atomic mass is 16.2. The summed E-state index contributed by atoms with van der Waals surface area (Å²) >= 11 is 0. The van der Waals surface area contributed by atoms with E-state index in [0.717, 1.165) is 6.42 Å². The number of hydrogen-bond acceptors (Lipinski definition) is 3. The van der Waals surface area contributed by atoms with Crippen molar-refractivity contribution in [1.82, 2.24) is 5.32 Å². The molecule has 1 rings (SSSR count). The predicted molar refractivity (Wildman–Crippen MR) is 87.3 cm³/mol. The van der Waals surface area contributed by atoms with Gasteiger partial charge in [-0.05, 0) is 38.0 Å². The Morgan fingerprint density at radius 2 is 1.48 bits per heavy atom. The maximum atomic E-state index is 12.6. The lowest BCUT2D eigenvalue weighted by Crippen LogP contribution is -2.55. The third-order valence-electron chi connectivity index (χ3n) is 3.85. The zero-order valence-electron chi connectivity index (χ0n) is 15.1. The number of carbonyl (C=O) groups excluding carboxylic acids is 2. The van der Waals surface area contributed by atoms with Crippen LogP contribution >= 0.6 is 0 Å². The standard InChI is InChI=1S/C18H33NO2/c1-16(2,3)9-12(19-17(4,5)6)15-13(20)10-18(7,8)11-14(15)21/h12,15,19H,9-11H2,1-8H3. The molecule has 21 heavy (non-hydrogen) atoms. The molecule has 1 aliphatic rings. The molecule has 0 aromatic rings. The smallest absolute Gasteiger partial charge is 0.145 e. The molecule has 1 fully saturated rings. The van der Waals surface area contributed by atoms with Crippen LogP contribution in [0.1, 0.15) is 74.7 Å². The van der Waals surface area contributed by atoms with E-state index in [-0.39, 0.29) is 34.0 Å². The summed E-state index contributed by atoms with van der Waals surface area (Å²) in [6, 6.07) is -0.0684. The van der Waals surface area contributed by atoms with Crippen molar-refractivity contribution < 1.29 is 9.59 Å². The van der Waals surface area contributed by atoms with Gasteiger partial charge in [-0.15, -0.1) is 0 Å². The van der Waals surface area contributed by atoms with E-state index in [1.54, 1.807) is 0 Å². The number of nitrogens with one attached hydrogen (secondary N) is 1. The van der Waals surface area contributed by atoms with Gasteiger partial charge in [0, 0.05) is 24.4 Å². The van der Waals surface area contributed by atoms with Crippen molar-refractivity contribution >= 4 is 11.6 Å². The molecule has 0 radical (unpaired) electrons. The Bertz CT molecular complexity index is 374. The largest absolute Gasteiger partial charge is 0.308 e. The summed E-state index contributed by atoms with van der Waals surface area (Å²) in [6.07, 6.45) is 1.85. The first kappa shape index (κ1) is 18.3. The van der Waals surface area contributed by atoms with Crippen LogP contribution in [-0.2, 0) is 9.59 Å². The van der Waals surface area contributed by atoms with Gasteiger partial charge in [-0.1, -0.05) is 34.6 Å². The first-order valence-electron chi connectivity index (χ1n) is 8.03. The van der Waals surface area contributed by atoms with Gasteiger partial charge in [0.05, 0.1) is 5.92 Å². The average Bonchev–Trinajstić information content (AvgIpc) is 2.06. The van der Waals surface area contributed by atoms with E-state index in [4.69, 9.17) is 0 Å². The molecule has 0 amide bonds. The molecular formula is C18H33NO2. The highest BCUT2D eigenvalue weighted by molar-refractivity contribution is 6.05. The molecule has 0 saturated heterocycles. The fourth-order valence-corrected chi connectivity index (χ4v) is 3.32. The van der Waals surface area contributed by atoms with Crippen LogP contribution in [0.15, 0.2) is 0 Å². The quantitative estimate of drug-likeness (QED) is 0.807. The third-order valence-corrected chi connectivity index (χ3v) is 3.85. The molecule has 0 heterocycles. The number of carbonyl (C=O) groups is 2. The maximum absolute atomic E-state index is 12.6. The number of hydrogen-bond donors (Lipinski definition) is 1. The third kappa shape index (κ3) is 5.90. The lowest BCUT2D eigenvalue weighted by molar-refractivity contribution is -0.141. The molecule has 0 spiro atoms. The fraction of sp³-hybridized carbons (Fsp3) is 0.889. The molecule has 0 aromatic carbocycles. The van der Waals surface area contributed by atoms with Gasteiger partial charge in [0.2, 0.25) is 0 Å². The maximum Gasteiger partial charge on any atom is 0.145 e. The van der Waals surface area contributed by atoms with Crippen molar-refractivity contribution in [2.24, 2.45) is 16.7 Å². The minimum atomic E-state index is -0.475. The Kier molecular flexibility index (Phi) is 5.09. The second-order valence-corrected chi connectivity index (χ2v) is 9.69. The van der Waals surface area contributed by atoms with E-state index < -0.39 is 5.92 Å². The van der Waals surface area contributed by atoms with Crippen molar-refractivity contribution in [3.63, 3.8) is 0 Å². The Labute approximate surface area is 130 Å². The minimum Gasteiger partial charge on any atom is -0.308 e. The molecule has 0 bridgehead atoms. The lowest BCUT2D eigenvalue weighted by Gasteiger charge is -2.40. The van der Waals surface area contributed by atoms with Gasteiger partial charge < -0.3 is 5.32 Å². The van der Waals surface area contributed by atoms with Crippen molar-refractivity contribution in [2.75, 3.05) is 0 Å². The molecule has 1 saturated carbocycles. The summed E-state index contributed by atoms with van der Waals surface area (Å²) in [7, 11) is 0. The predicted octanol–water partition coefficient (Wildman–Crippen LogP) is 3.75. The molecule has 1 N–H and O–H groups in total. The second-order valence-electron chi connectivity index (χ2n) is 9.69. The average molecular weight is 295 g/mol. The van der Waals surface area contributed by atoms with Gasteiger partial charge in [0.15, 0.2) is 0 Å². The van der Waals surface area contributed by atoms with E-state index in [1.807, 2.05) is 13.8 Å². The van der Waals surface area contributed by atoms with Gasteiger partial charge in [-0.25, -0.2) is 0 Å². The zero-order chi connectivity index (χ0) is 16.6. The second kappa shape index (κ2) is 5.83. The van der Waals surface area contributed by atoms with E-state index in [9.17, 15) is 9.59 Å². The molecular weight excluding hydrogens is 262 g/mol. The van der Waals surface area contributed by atoms with E-state index >= 15 is 0 Å². The molecule has 0 aliphatic heterocycles. The molecule has 1 atom stereocenters. The summed E-state index contributed by atoms with van der Waals surface area (Å²) in [5, 5.41) is 3.53. The Morgan fingerprint density at radius 3 is 1.81 bits per heavy atom. The number of ketones is 2. The highest BCUT2D eigenvalue weighted by Crippen LogP contribution is 2.37. The number of Topliss-reactive ketones (excluding diaryl/α,β-unsaturated/α-hetero) is 2. The molecule has 3 nitrogen and oxygen atoms in total. The van der Waals surface area contributed by atoms with Crippen molar-refractivity contribution in [3.05, 3.63) is 0 Å². The van der Waals surface area contributed by atoms with Gasteiger partial charge >= 0.3 is 0 Å². The van der Waals surface area contributed by atoms with Gasteiger partial charge in [0.25, 0.3) is 0 Å². The van der Waals surface area contributed by atoms with Crippen LogP contribution in [0.5, 0.6) is 0 Å². The zero-order valence-corrected chi connectivity index (χ0v) is 15.1. The van der Waals surface area contributed by atoms with Crippen LogP contribution in [0.25, 0.3) is 0 Å². The van der Waals surface area contributed by atoms with Crippen LogP contribution in [0.2, 0.25) is 0 Å². The molecule has 122 valence electrons.